The third-order valence-corrected chi connectivity index (χ3v) is 5.73. The summed E-state index contributed by atoms with van der Waals surface area (Å²) < 4.78 is 29.9. The molecule has 0 spiro atoms. The number of aryl methyl sites for hydroxylation is 2. The SMILES string of the molecule is COc1ccc(CCC(=O)Nc2ncc(Cc3ccc(C)c(F)c3)s2)c(OC)c1OC. The van der Waals surface area contributed by atoms with Crippen LogP contribution in [0.4, 0.5) is 9.52 Å². The monoisotopic (exact) mass is 444 g/mol. The first kappa shape index (κ1) is 22.6. The number of rotatable bonds is 9. The summed E-state index contributed by atoms with van der Waals surface area (Å²) in [5.74, 6) is 1.24. The topological polar surface area (TPSA) is 69.7 Å². The van der Waals surface area contributed by atoms with Crippen LogP contribution in [0.25, 0.3) is 0 Å². The number of carbonyl (C=O) groups is 1. The fourth-order valence-electron chi connectivity index (χ4n) is 3.18. The Hall–Kier alpha value is -3.13. The molecular weight excluding hydrogens is 419 g/mol. The zero-order chi connectivity index (χ0) is 22.4. The van der Waals surface area contributed by atoms with Crippen molar-refractivity contribution in [2.45, 2.75) is 26.2 Å². The van der Waals surface area contributed by atoms with Crippen molar-refractivity contribution in [3.8, 4) is 17.2 Å². The van der Waals surface area contributed by atoms with Crippen LogP contribution in [-0.4, -0.2) is 32.2 Å². The Labute approximate surface area is 185 Å². The predicted molar refractivity (Wildman–Crippen MR) is 119 cm³/mol. The highest BCUT2D eigenvalue weighted by atomic mass is 32.1. The van der Waals surface area contributed by atoms with Gasteiger partial charge in [-0.05, 0) is 42.2 Å². The average Bonchev–Trinajstić information content (AvgIpc) is 3.20. The number of thiazole rings is 1. The van der Waals surface area contributed by atoms with Gasteiger partial charge in [0, 0.05) is 23.9 Å². The molecule has 8 heteroatoms. The maximum atomic E-state index is 13.7. The molecule has 0 saturated carbocycles. The van der Waals surface area contributed by atoms with Gasteiger partial charge in [0.05, 0.1) is 21.3 Å². The van der Waals surface area contributed by atoms with E-state index in [4.69, 9.17) is 14.2 Å². The summed E-state index contributed by atoms with van der Waals surface area (Å²) in [4.78, 5) is 17.6. The van der Waals surface area contributed by atoms with E-state index in [9.17, 15) is 9.18 Å². The third kappa shape index (κ3) is 5.52. The number of hydrogen-bond donors (Lipinski definition) is 1. The number of halogens is 1. The minimum absolute atomic E-state index is 0.154. The molecule has 31 heavy (non-hydrogen) atoms. The highest BCUT2D eigenvalue weighted by Gasteiger charge is 2.17. The Balaban J connectivity index is 1.60. The van der Waals surface area contributed by atoms with Crippen molar-refractivity contribution in [3.63, 3.8) is 0 Å². The van der Waals surface area contributed by atoms with Crippen molar-refractivity contribution in [2.75, 3.05) is 26.6 Å². The van der Waals surface area contributed by atoms with Crippen LogP contribution in [0, 0.1) is 12.7 Å². The number of nitrogens with one attached hydrogen (secondary N) is 1. The minimum Gasteiger partial charge on any atom is -0.493 e. The van der Waals surface area contributed by atoms with E-state index in [-0.39, 0.29) is 18.1 Å². The highest BCUT2D eigenvalue weighted by molar-refractivity contribution is 7.15. The van der Waals surface area contributed by atoms with Gasteiger partial charge in [0.2, 0.25) is 11.7 Å². The molecule has 0 bridgehead atoms. The minimum atomic E-state index is -0.221. The normalized spacial score (nSPS) is 10.6. The van der Waals surface area contributed by atoms with Crippen LogP contribution in [0.1, 0.15) is 28.0 Å². The first-order chi connectivity index (χ1) is 14.9. The van der Waals surface area contributed by atoms with Crippen molar-refractivity contribution in [1.82, 2.24) is 4.98 Å². The molecule has 164 valence electrons. The first-order valence-electron chi connectivity index (χ1n) is 9.72. The number of hydrogen-bond acceptors (Lipinski definition) is 6. The Morgan fingerprint density at radius 2 is 1.87 bits per heavy atom. The van der Waals surface area contributed by atoms with E-state index >= 15 is 0 Å². The van der Waals surface area contributed by atoms with Gasteiger partial charge in [-0.3, -0.25) is 4.79 Å². The van der Waals surface area contributed by atoms with Gasteiger partial charge < -0.3 is 19.5 Å². The van der Waals surface area contributed by atoms with Crippen LogP contribution in [0.15, 0.2) is 36.5 Å². The summed E-state index contributed by atoms with van der Waals surface area (Å²) in [6, 6.07) is 8.83. The number of benzene rings is 2. The van der Waals surface area contributed by atoms with Crippen LogP contribution in [-0.2, 0) is 17.6 Å². The Bertz CT molecular complexity index is 1070. The van der Waals surface area contributed by atoms with Crippen LogP contribution < -0.4 is 19.5 Å². The van der Waals surface area contributed by atoms with Crippen LogP contribution in [0.5, 0.6) is 17.2 Å². The number of carbonyl (C=O) groups excluding carboxylic acids is 1. The summed E-state index contributed by atoms with van der Waals surface area (Å²) >= 11 is 1.38. The summed E-state index contributed by atoms with van der Waals surface area (Å²) in [7, 11) is 4.65. The number of methoxy groups -OCH3 is 3. The maximum absolute atomic E-state index is 13.7. The van der Waals surface area contributed by atoms with Crippen molar-refractivity contribution in [2.24, 2.45) is 0 Å². The van der Waals surface area contributed by atoms with Crippen molar-refractivity contribution in [3.05, 3.63) is 63.9 Å². The maximum Gasteiger partial charge on any atom is 0.226 e. The number of aromatic nitrogens is 1. The summed E-state index contributed by atoms with van der Waals surface area (Å²) in [5.41, 5.74) is 2.33. The fourth-order valence-corrected chi connectivity index (χ4v) is 4.05. The molecule has 1 aromatic heterocycles. The zero-order valence-corrected chi connectivity index (χ0v) is 18.8. The molecule has 1 heterocycles. The second-order valence-corrected chi connectivity index (χ2v) is 8.05. The van der Waals surface area contributed by atoms with E-state index in [2.05, 4.69) is 10.3 Å². The van der Waals surface area contributed by atoms with E-state index < -0.39 is 0 Å². The molecule has 1 amide bonds. The van der Waals surface area contributed by atoms with Crippen molar-refractivity contribution < 1.29 is 23.4 Å². The number of anilines is 1. The van der Waals surface area contributed by atoms with Crippen molar-refractivity contribution >= 4 is 22.4 Å². The summed E-state index contributed by atoms with van der Waals surface area (Å²) in [6.07, 6.45) is 2.99. The number of nitrogens with zero attached hydrogens (tertiary/aromatic N) is 1. The molecule has 0 fully saturated rings. The van der Waals surface area contributed by atoms with E-state index in [1.807, 2.05) is 12.1 Å². The quantitative estimate of drug-likeness (QED) is 0.514. The van der Waals surface area contributed by atoms with Gasteiger partial charge in [-0.15, -0.1) is 11.3 Å². The van der Waals surface area contributed by atoms with Crippen LogP contribution in [0.3, 0.4) is 0 Å². The lowest BCUT2D eigenvalue weighted by Crippen LogP contribution is -2.12. The second-order valence-electron chi connectivity index (χ2n) is 6.93. The van der Waals surface area contributed by atoms with Gasteiger partial charge in [-0.1, -0.05) is 18.2 Å². The Morgan fingerprint density at radius 3 is 2.55 bits per heavy atom. The molecule has 1 N–H and O–H groups in total. The predicted octanol–water partition coefficient (Wildman–Crippen LogP) is 4.78. The van der Waals surface area contributed by atoms with E-state index in [0.717, 1.165) is 16.0 Å². The zero-order valence-electron chi connectivity index (χ0n) is 18.0. The van der Waals surface area contributed by atoms with E-state index in [1.54, 1.807) is 46.6 Å². The van der Waals surface area contributed by atoms with Crippen molar-refractivity contribution in [1.29, 1.82) is 0 Å². The molecule has 0 aliphatic heterocycles. The molecule has 0 saturated heterocycles. The van der Waals surface area contributed by atoms with E-state index in [0.29, 0.717) is 40.8 Å². The van der Waals surface area contributed by atoms with Gasteiger partial charge in [-0.2, -0.15) is 0 Å². The van der Waals surface area contributed by atoms with Crippen LogP contribution in [0.2, 0.25) is 0 Å². The summed E-state index contributed by atoms with van der Waals surface area (Å²) in [6.45, 7) is 1.73. The molecule has 6 nitrogen and oxygen atoms in total. The molecule has 0 unspecified atom stereocenters. The smallest absolute Gasteiger partial charge is 0.226 e. The number of ether oxygens (including phenoxy) is 3. The molecule has 0 aliphatic carbocycles. The first-order valence-corrected chi connectivity index (χ1v) is 10.5. The third-order valence-electron chi connectivity index (χ3n) is 4.82. The van der Waals surface area contributed by atoms with Gasteiger partial charge in [0.1, 0.15) is 5.82 Å². The molecule has 0 radical (unpaired) electrons. The Morgan fingerprint density at radius 1 is 1.10 bits per heavy atom. The fraction of sp³-hybridized carbons (Fsp3) is 0.304. The number of amides is 1. The second kappa shape index (κ2) is 10.3. The van der Waals surface area contributed by atoms with Crippen LogP contribution >= 0.6 is 11.3 Å². The van der Waals surface area contributed by atoms with Gasteiger partial charge in [0.25, 0.3) is 0 Å². The standard InChI is InChI=1S/C23H25FN2O4S/c1-14-5-6-15(12-18(14)24)11-17-13-25-23(31-17)26-20(27)10-8-16-7-9-19(28-2)22(30-4)21(16)29-3/h5-7,9,12-13H,8,10-11H2,1-4H3,(H,25,26,27). The summed E-state index contributed by atoms with van der Waals surface area (Å²) in [5, 5.41) is 3.35. The van der Waals surface area contributed by atoms with Gasteiger partial charge in [0.15, 0.2) is 16.6 Å². The molecule has 0 atom stereocenters. The lowest BCUT2D eigenvalue weighted by molar-refractivity contribution is -0.116. The molecular formula is C23H25FN2O4S. The van der Waals surface area contributed by atoms with Gasteiger partial charge >= 0.3 is 0 Å². The van der Waals surface area contributed by atoms with Gasteiger partial charge in [-0.25, -0.2) is 9.37 Å². The Kier molecular flexibility index (Phi) is 7.46. The lowest BCUT2D eigenvalue weighted by Gasteiger charge is -2.15. The lowest BCUT2D eigenvalue weighted by atomic mass is 10.1. The average molecular weight is 445 g/mol. The molecule has 3 rings (SSSR count). The largest absolute Gasteiger partial charge is 0.493 e. The highest BCUT2D eigenvalue weighted by Crippen LogP contribution is 2.40. The molecule has 2 aromatic carbocycles. The van der Waals surface area contributed by atoms with E-state index in [1.165, 1.54) is 17.4 Å². The molecule has 3 aromatic rings. The molecule has 0 aliphatic rings.